The van der Waals surface area contributed by atoms with Gasteiger partial charge in [0.25, 0.3) is 0 Å². The quantitative estimate of drug-likeness (QED) is 0.888. The fourth-order valence-corrected chi connectivity index (χ4v) is 4.09. The Morgan fingerprint density at radius 2 is 1.71 bits per heavy atom. The average molecular weight is 350 g/mol. The van der Waals surface area contributed by atoms with Gasteiger partial charge in [-0.3, -0.25) is 4.79 Å². The minimum Gasteiger partial charge on any atom is -0.351 e. The Morgan fingerprint density at radius 3 is 2.33 bits per heavy atom. The number of amides is 3. The first-order chi connectivity index (χ1) is 11.5. The van der Waals surface area contributed by atoms with Gasteiger partial charge in [0.05, 0.1) is 5.25 Å². The van der Waals surface area contributed by atoms with Crippen LogP contribution in [-0.2, 0) is 10.5 Å². The van der Waals surface area contributed by atoms with Crippen LogP contribution in [0.3, 0.4) is 0 Å². The molecule has 1 heterocycles. The predicted molar refractivity (Wildman–Crippen MR) is 98.7 cm³/mol. The van der Waals surface area contributed by atoms with Crippen molar-refractivity contribution >= 4 is 23.7 Å². The molecular weight excluding hydrogens is 322 g/mol. The zero-order valence-corrected chi connectivity index (χ0v) is 15.3. The topological polar surface area (TPSA) is 66.6 Å². The molecule has 24 heavy (non-hydrogen) atoms. The molecule has 0 aliphatic carbocycles. The van der Waals surface area contributed by atoms with E-state index in [2.05, 4.69) is 26.0 Å². The van der Waals surface area contributed by atoms with Crippen LogP contribution in [-0.4, -0.2) is 53.2 Å². The zero-order valence-electron chi connectivity index (χ0n) is 14.5. The van der Waals surface area contributed by atoms with E-state index < -0.39 is 6.03 Å². The highest BCUT2D eigenvalue weighted by Crippen LogP contribution is 2.26. The molecule has 2 rings (SSSR count). The van der Waals surface area contributed by atoms with Gasteiger partial charge in [0.1, 0.15) is 0 Å². The van der Waals surface area contributed by atoms with E-state index in [1.54, 1.807) is 16.7 Å². The van der Waals surface area contributed by atoms with Crippen LogP contribution in [0.5, 0.6) is 0 Å². The molecule has 1 saturated heterocycles. The minimum absolute atomic E-state index is 0.0645. The summed E-state index contributed by atoms with van der Waals surface area (Å²) >= 11 is 1.70. The van der Waals surface area contributed by atoms with Crippen LogP contribution < -0.4 is 5.73 Å². The van der Waals surface area contributed by atoms with Crippen molar-refractivity contribution in [2.75, 3.05) is 26.2 Å². The van der Waals surface area contributed by atoms with Crippen LogP contribution in [0.2, 0.25) is 0 Å². The lowest BCUT2D eigenvalue weighted by Gasteiger charge is -2.28. The maximum atomic E-state index is 13.0. The summed E-state index contributed by atoms with van der Waals surface area (Å²) in [5.41, 5.74) is 6.59. The number of nitrogens with zero attached hydrogens (tertiary/aromatic N) is 2. The molecule has 0 bridgehead atoms. The van der Waals surface area contributed by atoms with E-state index in [1.807, 2.05) is 23.1 Å². The molecule has 2 N–H and O–H groups in total. The van der Waals surface area contributed by atoms with Crippen molar-refractivity contribution in [3.8, 4) is 0 Å². The normalized spacial score (nSPS) is 16.8. The number of hydrogen-bond donors (Lipinski definition) is 1. The summed E-state index contributed by atoms with van der Waals surface area (Å²) in [6.45, 7) is 6.59. The Labute approximate surface area is 148 Å². The molecular formula is C18H27N3O2S. The van der Waals surface area contributed by atoms with Gasteiger partial charge in [-0.2, -0.15) is 0 Å². The van der Waals surface area contributed by atoms with Gasteiger partial charge < -0.3 is 15.5 Å². The lowest BCUT2D eigenvalue weighted by Crippen LogP contribution is -2.43. The summed E-state index contributed by atoms with van der Waals surface area (Å²) < 4.78 is 0. The van der Waals surface area contributed by atoms with Crippen molar-refractivity contribution in [1.29, 1.82) is 0 Å². The van der Waals surface area contributed by atoms with Crippen molar-refractivity contribution in [2.45, 2.75) is 31.3 Å². The number of primary amides is 1. The van der Waals surface area contributed by atoms with Crippen LogP contribution in [0, 0.1) is 5.92 Å². The fraction of sp³-hybridized carbons (Fsp3) is 0.556. The molecule has 6 heteroatoms. The molecule has 132 valence electrons. The van der Waals surface area contributed by atoms with Gasteiger partial charge in [-0.1, -0.05) is 44.2 Å². The summed E-state index contributed by atoms with van der Waals surface area (Å²) in [7, 11) is 0. The minimum atomic E-state index is -0.400. The molecule has 1 fully saturated rings. The van der Waals surface area contributed by atoms with Crippen molar-refractivity contribution in [3.05, 3.63) is 35.9 Å². The lowest BCUT2D eigenvalue weighted by atomic mass is 10.1. The molecule has 1 aromatic carbocycles. The van der Waals surface area contributed by atoms with Gasteiger partial charge in [-0.05, 0) is 17.9 Å². The van der Waals surface area contributed by atoms with Gasteiger partial charge in [0, 0.05) is 31.9 Å². The summed E-state index contributed by atoms with van der Waals surface area (Å²) in [4.78, 5) is 27.8. The first-order valence-corrected chi connectivity index (χ1v) is 9.52. The van der Waals surface area contributed by atoms with Crippen molar-refractivity contribution < 1.29 is 9.59 Å². The van der Waals surface area contributed by atoms with Gasteiger partial charge in [-0.25, -0.2) is 4.79 Å². The maximum absolute atomic E-state index is 13.0. The third-order valence-corrected chi connectivity index (χ3v) is 5.85. The second-order valence-corrected chi connectivity index (χ2v) is 7.60. The number of urea groups is 1. The van der Waals surface area contributed by atoms with Gasteiger partial charge in [0.2, 0.25) is 5.91 Å². The number of thioether (sulfide) groups is 1. The van der Waals surface area contributed by atoms with Gasteiger partial charge in [0.15, 0.2) is 0 Å². The van der Waals surface area contributed by atoms with Crippen LogP contribution in [0.15, 0.2) is 30.3 Å². The van der Waals surface area contributed by atoms with E-state index >= 15 is 0 Å². The Balaban J connectivity index is 1.96. The van der Waals surface area contributed by atoms with E-state index in [0.717, 1.165) is 12.2 Å². The van der Waals surface area contributed by atoms with E-state index in [4.69, 9.17) is 5.73 Å². The highest BCUT2D eigenvalue weighted by molar-refractivity contribution is 7.99. The van der Waals surface area contributed by atoms with Crippen molar-refractivity contribution in [3.63, 3.8) is 0 Å². The summed E-state index contributed by atoms with van der Waals surface area (Å²) in [5.74, 6) is 1.27. The van der Waals surface area contributed by atoms with E-state index in [1.165, 1.54) is 5.56 Å². The molecule has 1 aromatic rings. The van der Waals surface area contributed by atoms with Crippen LogP contribution >= 0.6 is 11.8 Å². The molecule has 0 spiro atoms. The fourth-order valence-electron chi connectivity index (χ4n) is 2.85. The van der Waals surface area contributed by atoms with Crippen LogP contribution in [0.1, 0.15) is 25.8 Å². The predicted octanol–water partition coefficient (Wildman–Crippen LogP) is 2.56. The van der Waals surface area contributed by atoms with Gasteiger partial charge in [-0.15, -0.1) is 11.8 Å². The zero-order chi connectivity index (χ0) is 17.5. The molecule has 0 unspecified atom stereocenters. The number of hydrogen-bond acceptors (Lipinski definition) is 3. The second-order valence-electron chi connectivity index (χ2n) is 6.47. The lowest BCUT2D eigenvalue weighted by molar-refractivity contribution is -0.131. The molecule has 0 radical (unpaired) electrons. The van der Waals surface area contributed by atoms with E-state index in [9.17, 15) is 9.59 Å². The molecule has 0 saturated carbocycles. The summed E-state index contributed by atoms with van der Waals surface area (Å²) in [6, 6.07) is 9.83. The molecule has 3 amide bonds. The Morgan fingerprint density at radius 1 is 1.08 bits per heavy atom. The molecule has 1 atom stereocenters. The molecule has 5 nitrogen and oxygen atoms in total. The Bertz CT molecular complexity index is 550. The van der Waals surface area contributed by atoms with E-state index in [0.29, 0.717) is 26.2 Å². The van der Waals surface area contributed by atoms with Gasteiger partial charge >= 0.3 is 6.03 Å². The van der Waals surface area contributed by atoms with E-state index in [-0.39, 0.29) is 17.1 Å². The second kappa shape index (κ2) is 8.97. The standard InChI is InChI=1S/C18H27N3O2S/c1-14(2)16(24-13-15-7-4-3-5-8-15)17(22)20-9-6-10-21(12-11-20)18(19)23/h3-5,7-8,14,16H,6,9-13H2,1-2H3,(H2,19,23)/t16-/m1/s1. The summed E-state index contributed by atoms with van der Waals surface area (Å²) in [5, 5.41) is -0.0645. The third-order valence-electron chi connectivity index (χ3n) is 4.24. The Hall–Kier alpha value is -1.69. The monoisotopic (exact) mass is 349 g/mol. The Kier molecular flexibility index (Phi) is 6.97. The molecule has 0 aromatic heterocycles. The van der Waals surface area contributed by atoms with Crippen LogP contribution in [0.25, 0.3) is 0 Å². The summed E-state index contributed by atoms with van der Waals surface area (Å²) in [6.07, 6.45) is 0.781. The SMILES string of the molecule is CC(C)[C@@H](SCc1ccccc1)C(=O)N1CCCN(C(N)=O)CC1. The van der Waals surface area contributed by atoms with Crippen molar-refractivity contribution in [2.24, 2.45) is 11.7 Å². The number of nitrogens with two attached hydrogens (primary N) is 1. The third kappa shape index (κ3) is 5.16. The van der Waals surface area contributed by atoms with Crippen molar-refractivity contribution in [1.82, 2.24) is 9.80 Å². The number of carbonyl (C=O) groups excluding carboxylic acids is 2. The average Bonchev–Trinajstić information content (AvgIpc) is 2.81. The molecule has 1 aliphatic heterocycles. The highest BCUT2D eigenvalue weighted by atomic mass is 32.2. The van der Waals surface area contributed by atoms with Crippen LogP contribution in [0.4, 0.5) is 4.79 Å². The number of carbonyl (C=O) groups is 2. The first kappa shape index (κ1) is 18.6. The first-order valence-electron chi connectivity index (χ1n) is 8.47. The highest BCUT2D eigenvalue weighted by Gasteiger charge is 2.29. The number of rotatable bonds is 5. The smallest absolute Gasteiger partial charge is 0.314 e. The maximum Gasteiger partial charge on any atom is 0.314 e. The number of benzene rings is 1. The molecule has 1 aliphatic rings. The largest absolute Gasteiger partial charge is 0.351 e.